The highest BCUT2D eigenvalue weighted by molar-refractivity contribution is 5.99. The van der Waals surface area contributed by atoms with Crippen molar-refractivity contribution in [1.29, 1.82) is 5.26 Å². The highest BCUT2D eigenvalue weighted by Gasteiger charge is 2.31. The van der Waals surface area contributed by atoms with Crippen LogP contribution in [0, 0.1) is 17.2 Å². The first-order chi connectivity index (χ1) is 16.2. The Morgan fingerprint density at radius 3 is 2.71 bits per heavy atom. The molecule has 4 rings (SSSR count). The number of nitriles is 1. The lowest BCUT2D eigenvalue weighted by Gasteiger charge is -2.27. The van der Waals surface area contributed by atoms with Gasteiger partial charge in [0.2, 0.25) is 0 Å². The number of benzene rings is 2. The van der Waals surface area contributed by atoms with Crippen LogP contribution >= 0.6 is 0 Å². The highest BCUT2D eigenvalue weighted by atomic mass is 19.4. The van der Waals surface area contributed by atoms with E-state index in [-0.39, 0.29) is 24.1 Å². The summed E-state index contributed by atoms with van der Waals surface area (Å²) < 4.78 is 43.7. The van der Waals surface area contributed by atoms with E-state index in [2.05, 4.69) is 16.1 Å². The van der Waals surface area contributed by atoms with Crippen molar-refractivity contribution in [3.63, 3.8) is 0 Å². The quantitative estimate of drug-likeness (QED) is 0.544. The highest BCUT2D eigenvalue weighted by Crippen LogP contribution is 2.27. The molecule has 34 heavy (non-hydrogen) atoms. The van der Waals surface area contributed by atoms with Gasteiger partial charge >= 0.3 is 6.36 Å². The molecule has 0 spiro atoms. The number of nitrogens with one attached hydrogen (secondary N) is 1. The summed E-state index contributed by atoms with van der Waals surface area (Å²) in [6.07, 6.45) is -1.73. The lowest BCUT2D eigenvalue weighted by molar-refractivity contribution is -0.274. The summed E-state index contributed by atoms with van der Waals surface area (Å²) in [6, 6.07) is 14.3. The van der Waals surface area contributed by atoms with Gasteiger partial charge in [-0.3, -0.25) is 4.79 Å². The lowest BCUT2D eigenvalue weighted by Crippen LogP contribution is -2.37. The molecule has 0 radical (unpaired) electrons. The fourth-order valence-corrected chi connectivity index (χ4v) is 4.46. The second-order valence-electron chi connectivity index (χ2n) is 8.52. The monoisotopic (exact) mass is 471 g/mol. The predicted octanol–water partition coefficient (Wildman–Crippen LogP) is 4.74. The fraction of sp³-hybridized carbons (Fsp3) is 0.360. The van der Waals surface area contributed by atoms with Crippen LogP contribution in [0.3, 0.4) is 0 Å². The fourth-order valence-electron chi connectivity index (χ4n) is 4.46. The largest absolute Gasteiger partial charge is 0.573 e. The summed E-state index contributed by atoms with van der Waals surface area (Å²) in [5.74, 6) is -0.711. The van der Waals surface area contributed by atoms with E-state index in [4.69, 9.17) is 0 Å². The van der Waals surface area contributed by atoms with Gasteiger partial charge in [0.1, 0.15) is 11.4 Å². The number of carbonyl (C=O) groups is 1. The van der Waals surface area contributed by atoms with E-state index in [1.807, 2.05) is 0 Å². The third-order valence-electron chi connectivity index (χ3n) is 6.13. The van der Waals surface area contributed by atoms with E-state index >= 15 is 0 Å². The molecule has 1 aliphatic carbocycles. The number of rotatable bonds is 6. The molecule has 1 aliphatic rings. The summed E-state index contributed by atoms with van der Waals surface area (Å²) in [5.41, 5.74) is 1.93. The molecule has 0 saturated heterocycles. The van der Waals surface area contributed by atoms with Crippen LogP contribution in [0.5, 0.6) is 5.75 Å². The maximum absolute atomic E-state index is 13.1. The van der Waals surface area contributed by atoms with E-state index in [1.165, 1.54) is 18.2 Å². The molecule has 6 nitrogen and oxygen atoms in total. The minimum absolute atomic E-state index is 0.0167. The molecular formula is C25H24F3N3O3. The molecule has 3 aromatic rings. The van der Waals surface area contributed by atoms with Crippen molar-refractivity contribution in [2.24, 2.45) is 5.92 Å². The van der Waals surface area contributed by atoms with Gasteiger partial charge in [0, 0.05) is 29.9 Å². The molecule has 2 atom stereocenters. The summed E-state index contributed by atoms with van der Waals surface area (Å²) in [4.78, 5) is 13.1. The second kappa shape index (κ2) is 9.77. The molecule has 2 N–H and O–H groups in total. The van der Waals surface area contributed by atoms with E-state index in [0.717, 1.165) is 19.3 Å². The molecular weight excluding hydrogens is 447 g/mol. The van der Waals surface area contributed by atoms with Gasteiger partial charge in [-0.25, -0.2) is 0 Å². The Morgan fingerprint density at radius 1 is 1.18 bits per heavy atom. The smallest absolute Gasteiger partial charge is 0.406 e. The summed E-state index contributed by atoms with van der Waals surface area (Å²) in [6.45, 7) is 0.457. The third kappa shape index (κ3) is 5.51. The normalized spacial score (nSPS) is 18.4. The van der Waals surface area contributed by atoms with Gasteiger partial charge in [0.05, 0.1) is 17.7 Å². The summed E-state index contributed by atoms with van der Waals surface area (Å²) in [7, 11) is 0. The third-order valence-corrected chi connectivity index (χ3v) is 6.13. The Labute approximate surface area is 194 Å². The van der Waals surface area contributed by atoms with Crippen LogP contribution in [0.15, 0.2) is 48.5 Å². The maximum Gasteiger partial charge on any atom is 0.573 e. The van der Waals surface area contributed by atoms with Crippen LogP contribution in [-0.4, -0.2) is 34.6 Å². The van der Waals surface area contributed by atoms with E-state index in [9.17, 15) is 28.3 Å². The summed E-state index contributed by atoms with van der Waals surface area (Å²) >= 11 is 0. The molecule has 9 heteroatoms. The average molecular weight is 471 g/mol. The van der Waals surface area contributed by atoms with Crippen molar-refractivity contribution in [3.05, 3.63) is 65.4 Å². The minimum atomic E-state index is -4.80. The van der Waals surface area contributed by atoms with Crippen molar-refractivity contribution in [2.45, 2.75) is 44.7 Å². The van der Waals surface area contributed by atoms with Gasteiger partial charge in [0.15, 0.2) is 0 Å². The van der Waals surface area contributed by atoms with Crippen molar-refractivity contribution in [2.75, 3.05) is 6.54 Å². The molecule has 2 aromatic carbocycles. The van der Waals surface area contributed by atoms with Crippen molar-refractivity contribution in [1.82, 2.24) is 9.88 Å². The number of fused-ring (bicyclic) bond motifs is 1. The number of carbonyl (C=O) groups excluding carboxylic acids is 1. The van der Waals surface area contributed by atoms with Gasteiger partial charge in [-0.2, -0.15) is 5.26 Å². The first-order valence-electron chi connectivity index (χ1n) is 11.1. The number of halogens is 3. The SMILES string of the molecule is N#Cc1ccc2c(c1)cc(C(=O)NCC1CCCC[C@@H]1O)n2Cc1cccc(OC(F)(F)F)c1. The van der Waals surface area contributed by atoms with Crippen LogP contribution in [0.1, 0.15) is 47.3 Å². The molecule has 1 heterocycles. The van der Waals surface area contributed by atoms with Gasteiger partial charge in [-0.1, -0.05) is 25.0 Å². The van der Waals surface area contributed by atoms with Crippen molar-refractivity contribution < 1.29 is 27.8 Å². The lowest BCUT2D eigenvalue weighted by atomic mass is 9.86. The Balaban J connectivity index is 1.63. The Hall–Kier alpha value is -3.51. The first kappa shape index (κ1) is 23.6. The number of ether oxygens (including phenoxy) is 1. The number of hydrogen-bond acceptors (Lipinski definition) is 4. The first-order valence-corrected chi connectivity index (χ1v) is 11.1. The van der Waals surface area contributed by atoms with Crippen LogP contribution in [0.2, 0.25) is 0 Å². The number of nitrogens with zero attached hydrogens (tertiary/aromatic N) is 2. The number of alkyl halides is 3. The zero-order valence-corrected chi connectivity index (χ0v) is 18.3. The van der Waals surface area contributed by atoms with Gasteiger partial charge in [-0.15, -0.1) is 13.2 Å². The Morgan fingerprint density at radius 2 is 1.97 bits per heavy atom. The number of amides is 1. The molecule has 0 aliphatic heterocycles. The van der Waals surface area contributed by atoms with Crippen molar-refractivity contribution >= 4 is 16.8 Å². The van der Waals surface area contributed by atoms with E-state index in [1.54, 1.807) is 34.9 Å². The van der Waals surface area contributed by atoms with E-state index in [0.29, 0.717) is 40.7 Å². The zero-order chi connectivity index (χ0) is 24.3. The molecule has 0 bridgehead atoms. The van der Waals surface area contributed by atoms with Gasteiger partial charge in [0.25, 0.3) is 5.91 Å². The van der Waals surface area contributed by atoms with Gasteiger partial charge < -0.3 is 19.7 Å². The molecule has 1 fully saturated rings. The number of aliphatic hydroxyl groups excluding tert-OH is 1. The van der Waals surface area contributed by atoms with Crippen LogP contribution < -0.4 is 10.1 Å². The number of aromatic nitrogens is 1. The van der Waals surface area contributed by atoms with Gasteiger partial charge in [-0.05, 0) is 54.8 Å². The maximum atomic E-state index is 13.1. The predicted molar refractivity (Wildman–Crippen MR) is 119 cm³/mol. The zero-order valence-electron chi connectivity index (χ0n) is 18.3. The Kier molecular flexibility index (Phi) is 6.80. The Bertz CT molecular complexity index is 1230. The molecule has 1 aromatic heterocycles. The molecule has 178 valence electrons. The summed E-state index contributed by atoms with van der Waals surface area (Å²) in [5, 5.41) is 23.0. The minimum Gasteiger partial charge on any atom is -0.406 e. The molecule has 1 amide bonds. The average Bonchev–Trinajstić information content (AvgIpc) is 3.15. The number of hydrogen-bond donors (Lipinski definition) is 2. The standard InChI is InChI=1S/C25H24F3N3O3/c26-25(27,28)34-20-6-3-4-17(11-20)15-31-21-9-8-16(13-29)10-19(21)12-22(31)24(33)30-14-18-5-1-2-7-23(18)32/h3-4,6,8-12,18,23,32H,1-2,5,7,14-15H2,(H,30,33)/t18?,23-/m0/s1. The van der Waals surface area contributed by atoms with Crippen molar-refractivity contribution in [3.8, 4) is 11.8 Å². The second-order valence-corrected chi connectivity index (χ2v) is 8.52. The molecule has 1 saturated carbocycles. The van der Waals surface area contributed by atoms with Crippen LogP contribution in [0.4, 0.5) is 13.2 Å². The topological polar surface area (TPSA) is 87.3 Å². The molecule has 1 unspecified atom stereocenters. The van der Waals surface area contributed by atoms with Crippen LogP contribution in [0.25, 0.3) is 10.9 Å². The number of aliphatic hydroxyl groups is 1. The van der Waals surface area contributed by atoms with E-state index < -0.39 is 12.5 Å². The van der Waals surface area contributed by atoms with Crippen LogP contribution in [-0.2, 0) is 6.54 Å².